The van der Waals surface area contributed by atoms with Crippen molar-refractivity contribution in [1.82, 2.24) is 9.55 Å². The number of hydrogen-bond donors (Lipinski definition) is 3. The molecule has 0 aromatic carbocycles. The molecule has 2 atom stereocenters. The molecule has 8 heteroatoms. The Morgan fingerprint density at radius 1 is 1.61 bits per heavy atom. The van der Waals surface area contributed by atoms with Crippen LogP contribution in [0.2, 0.25) is 0 Å². The van der Waals surface area contributed by atoms with Gasteiger partial charge in [0.2, 0.25) is 0 Å². The third kappa shape index (κ3) is 2.84. The van der Waals surface area contributed by atoms with Crippen LogP contribution in [0.1, 0.15) is 0 Å². The van der Waals surface area contributed by atoms with Gasteiger partial charge in [0.05, 0.1) is 13.2 Å². The Kier molecular flexibility index (Phi) is 4.76. The number of nitrogens with zero attached hydrogens (tertiary/aromatic N) is 1. The zero-order chi connectivity index (χ0) is 13.8. The Morgan fingerprint density at radius 2 is 2.28 bits per heavy atom. The van der Waals surface area contributed by atoms with Crippen LogP contribution in [0.25, 0.3) is 0 Å². The average Bonchev–Trinajstić information content (AvgIpc) is 2.36. The van der Waals surface area contributed by atoms with Crippen LogP contribution in [-0.4, -0.2) is 51.9 Å². The molecule has 0 bridgehead atoms. The molecule has 0 saturated heterocycles. The third-order valence-corrected chi connectivity index (χ3v) is 2.77. The van der Waals surface area contributed by atoms with Crippen molar-refractivity contribution in [3.8, 4) is 0 Å². The molecule has 1 heterocycles. The number of methoxy groups -OCH3 is 1. The summed E-state index contributed by atoms with van der Waals surface area (Å²) in [5.41, 5.74) is -3.09. The van der Waals surface area contributed by atoms with Crippen LogP contribution in [0.5, 0.6) is 0 Å². The lowest BCUT2D eigenvalue weighted by atomic mass is 9.99. The number of rotatable bonds is 6. The average molecular weight is 262 g/mol. The van der Waals surface area contributed by atoms with Gasteiger partial charge in [-0.1, -0.05) is 0 Å². The number of ether oxygens (including phenoxy) is 1. The van der Waals surface area contributed by atoms with Gasteiger partial charge in [0.15, 0.2) is 0 Å². The maximum atomic E-state index is 12.8. The van der Waals surface area contributed by atoms with Gasteiger partial charge in [-0.25, -0.2) is 9.18 Å². The molecule has 18 heavy (non-hydrogen) atoms. The molecule has 1 rings (SSSR count). The van der Waals surface area contributed by atoms with Crippen molar-refractivity contribution in [2.75, 3.05) is 20.4 Å². The summed E-state index contributed by atoms with van der Waals surface area (Å²) in [6.07, 6.45) is -0.276. The first-order valence-electron chi connectivity index (χ1n) is 5.19. The van der Waals surface area contributed by atoms with Gasteiger partial charge < -0.3 is 14.9 Å². The van der Waals surface area contributed by atoms with Crippen LogP contribution in [0, 0.1) is 0 Å². The van der Waals surface area contributed by atoms with Crippen molar-refractivity contribution >= 4 is 0 Å². The molecule has 0 aliphatic rings. The molecule has 0 amide bonds. The lowest BCUT2D eigenvalue weighted by Crippen LogP contribution is -2.52. The topological polar surface area (TPSA) is 105 Å². The SMILES string of the molecule is CO[C@@](CO)(CF)[C@@H](O)Cn1ccc(=O)[nH]c1=O. The molecule has 7 nitrogen and oxygen atoms in total. The maximum absolute atomic E-state index is 12.8. The summed E-state index contributed by atoms with van der Waals surface area (Å²) in [5.74, 6) is 0. The van der Waals surface area contributed by atoms with Gasteiger partial charge in [-0.05, 0) is 0 Å². The maximum Gasteiger partial charge on any atom is 0.328 e. The molecule has 102 valence electrons. The number of H-pyrrole nitrogens is 1. The number of aliphatic hydroxyl groups excluding tert-OH is 2. The molecule has 3 N–H and O–H groups in total. The van der Waals surface area contributed by atoms with Gasteiger partial charge >= 0.3 is 5.69 Å². The highest BCUT2D eigenvalue weighted by atomic mass is 19.1. The van der Waals surface area contributed by atoms with Crippen LogP contribution in [0.3, 0.4) is 0 Å². The predicted molar refractivity (Wildman–Crippen MR) is 60.1 cm³/mol. The quantitative estimate of drug-likeness (QED) is 0.563. The second kappa shape index (κ2) is 5.89. The normalized spacial score (nSPS) is 16.2. The smallest absolute Gasteiger partial charge is 0.328 e. The molecule has 0 spiro atoms. The summed E-state index contributed by atoms with van der Waals surface area (Å²) in [6.45, 7) is -2.16. The summed E-state index contributed by atoms with van der Waals surface area (Å²) in [4.78, 5) is 24.2. The minimum Gasteiger partial charge on any atom is -0.393 e. The first kappa shape index (κ1) is 14.6. The Labute approximate surface area is 101 Å². The van der Waals surface area contributed by atoms with E-state index in [0.717, 1.165) is 17.7 Å². The number of aromatic nitrogens is 2. The van der Waals surface area contributed by atoms with Crippen molar-refractivity contribution in [3.05, 3.63) is 33.1 Å². The third-order valence-electron chi connectivity index (χ3n) is 2.77. The van der Waals surface area contributed by atoms with Crippen LogP contribution >= 0.6 is 0 Å². The van der Waals surface area contributed by atoms with Gasteiger partial charge in [0.25, 0.3) is 5.56 Å². The van der Waals surface area contributed by atoms with Gasteiger partial charge in [-0.2, -0.15) is 0 Å². The number of alkyl halides is 1. The summed E-state index contributed by atoms with van der Waals surface area (Å²) in [6, 6.07) is 1.09. The summed E-state index contributed by atoms with van der Waals surface area (Å²) in [7, 11) is 1.15. The first-order chi connectivity index (χ1) is 8.49. The van der Waals surface area contributed by atoms with E-state index in [1.54, 1.807) is 0 Å². The summed E-state index contributed by atoms with van der Waals surface area (Å²) < 4.78 is 18.6. The molecule has 0 unspecified atom stereocenters. The molecule has 0 fully saturated rings. The van der Waals surface area contributed by atoms with Crippen molar-refractivity contribution in [2.24, 2.45) is 0 Å². The zero-order valence-electron chi connectivity index (χ0n) is 9.80. The van der Waals surface area contributed by atoms with E-state index >= 15 is 0 Å². The minimum absolute atomic E-state index is 0.312. The van der Waals surface area contributed by atoms with Gasteiger partial charge in [-0.15, -0.1) is 0 Å². The second-order valence-corrected chi connectivity index (χ2v) is 3.84. The Morgan fingerprint density at radius 3 is 2.72 bits per heavy atom. The highest BCUT2D eigenvalue weighted by Gasteiger charge is 2.38. The number of hydrogen-bond acceptors (Lipinski definition) is 5. The molecule has 0 aliphatic heterocycles. The van der Waals surface area contributed by atoms with Crippen molar-refractivity contribution in [2.45, 2.75) is 18.2 Å². The van der Waals surface area contributed by atoms with Crippen LogP contribution in [-0.2, 0) is 11.3 Å². The fourth-order valence-corrected chi connectivity index (χ4v) is 1.43. The van der Waals surface area contributed by atoms with E-state index in [-0.39, 0.29) is 6.54 Å². The summed E-state index contributed by atoms with van der Waals surface area (Å²) >= 11 is 0. The van der Waals surface area contributed by atoms with E-state index in [1.165, 1.54) is 6.20 Å². The Hall–Kier alpha value is -1.51. The standard InChI is InChI=1S/C10H15FN2O5/c1-18-10(5-11,6-14)7(15)4-13-3-2-8(16)12-9(13)17/h2-3,7,14-15H,4-6H2,1H3,(H,12,16,17)/t7-,10+/m0/s1. The minimum atomic E-state index is -1.78. The number of aromatic amines is 1. The van der Waals surface area contributed by atoms with Gasteiger partial charge in [0.1, 0.15) is 18.4 Å². The number of halogens is 1. The van der Waals surface area contributed by atoms with Crippen LogP contribution in [0.15, 0.2) is 21.9 Å². The zero-order valence-corrected chi connectivity index (χ0v) is 9.80. The summed E-state index contributed by atoms with van der Waals surface area (Å²) in [5, 5.41) is 18.9. The van der Waals surface area contributed by atoms with E-state index in [2.05, 4.69) is 0 Å². The molecular formula is C10H15FN2O5. The largest absolute Gasteiger partial charge is 0.393 e. The van der Waals surface area contributed by atoms with Crippen molar-refractivity contribution < 1.29 is 19.3 Å². The second-order valence-electron chi connectivity index (χ2n) is 3.84. The highest BCUT2D eigenvalue weighted by Crippen LogP contribution is 2.17. The van der Waals surface area contributed by atoms with E-state index < -0.39 is 36.2 Å². The van der Waals surface area contributed by atoms with E-state index in [4.69, 9.17) is 9.84 Å². The monoisotopic (exact) mass is 262 g/mol. The highest BCUT2D eigenvalue weighted by molar-refractivity contribution is 4.90. The molecule has 0 radical (unpaired) electrons. The molecular weight excluding hydrogens is 247 g/mol. The predicted octanol–water partition coefficient (Wildman–Crippen LogP) is -1.76. The number of nitrogens with one attached hydrogen (secondary N) is 1. The Balaban J connectivity index is 2.96. The van der Waals surface area contributed by atoms with E-state index in [0.29, 0.717) is 0 Å². The van der Waals surface area contributed by atoms with E-state index in [9.17, 15) is 19.1 Å². The lowest BCUT2D eigenvalue weighted by Gasteiger charge is -2.32. The number of aliphatic hydroxyl groups is 2. The fourth-order valence-electron chi connectivity index (χ4n) is 1.43. The first-order valence-corrected chi connectivity index (χ1v) is 5.19. The molecule has 0 aliphatic carbocycles. The lowest BCUT2D eigenvalue weighted by molar-refractivity contribution is -0.143. The van der Waals surface area contributed by atoms with Crippen LogP contribution < -0.4 is 11.2 Å². The Bertz CT molecular complexity index is 485. The van der Waals surface area contributed by atoms with Crippen molar-refractivity contribution in [3.63, 3.8) is 0 Å². The van der Waals surface area contributed by atoms with Crippen molar-refractivity contribution in [1.29, 1.82) is 0 Å². The molecule has 1 aromatic heterocycles. The van der Waals surface area contributed by atoms with Gasteiger partial charge in [-0.3, -0.25) is 14.3 Å². The molecule has 1 aromatic rings. The van der Waals surface area contributed by atoms with Gasteiger partial charge in [0, 0.05) is 19.4 Å². The fraction of sp³-hybridized carbons (Fsp3) is 0.600. The van der Waals surface area contributed by atoms with E-state index in [1.807, 2.05) is 4.98 Å². The molecule has 0 saturated carbocycles. The van der Waals surface area contributed by atoms with Crippen LogP contribution in [0.4, 0.5) is 4.39 Å².